The molecule has 2 N–H and O–H groups in total. The summed E-state index contributed by atoms with van der Waals surface area (Å²) < 4.78 is 1.52. The van der Waals surface area contributed by atoms with Gasteiger partial charge in [-0.15, -0.1) is 0 Å². The van der Waals surface area contributed by atoms with Crippen molar-refractivity contribution in [3.05, 3.63) is 33.6 Å². The highest BCUT2D eigenvalue weighted by atomic mass is 32.1. The Morgan fingerprint density at radius 2 is 2.33 bits per heavy atom. The van der Waals surface area contributed by atoms with Crippen molar-refractivity contribution in [1.29, 1.82) is 0 Å². The van der Waals surface area contributed by atoms with E-state index < -0.39 is 0 Å². The van der Waals surface area contributed by atoms with Gasteiger partial charge < -0.3 is 5.73 Å². The molecule has 0 unspecified atom stereocenters. The van der Waals surface area contributed by atoms with Gasteiger partial charge in [0.15, 0.2) is 5.78 Å². The largest absolute Gasteiger partial charge is 0.383 e. The molecular weight excluding hydrogens is 210 g/mol. The molecule has 0 spiro atoms. The fourth-order valence-electron chi connectivity index (χ4n) is 1.49. The number of rotatable bonds is 2. The Bertz CT molecular complexity index is 499. The van der Waals surface area contributed by atoms with Gasteiger partial charge in [-0.3, -0.25) is 9.48 Å². The fourth-order valence-corrected chi connectivity index (χ4v) is 2.13. The first-order valence-corrected chi connectivity index (χ1v) is 5.41. The van der Waals surface area contributed by atoms with Crippen molar-refractivity contribution < 1.29 is 4.79 Å². The Morgan fingerprint density at radius 1 is 1.60 bits per heavy atom. The Morgan fingerprint density at radius 3 is 2.80 bits per heavy atom. The second kappa shape index (κ2) is 3.51. The molecule has 2 rings (SSSR count). The van der Waals surface area contributed by atoms with E-state index in [4.69, 9.17) is 5.73 Å². The summed E-state index contributed by atoms with van der Waals surface area (Å²) in [5, 5.41) is 7.80. The molecule has 78 valence electrons. The average molecular weight is 221 g/mol. The fraction of sp³-hybridized carbons (Fsp3) is 0.200. The lowest BCUT2D eigenvalue weighted by Crippen LogP contribution is -2.05. The third-order valence-electron chi connectivity index (χ3n) is 2.28. The lowest BCUT2D eigenvalue weighted by Gasteiger charge is -1.98. The summed E-state index contributed by atoms with van der Waals surface area (Å²) in [6.45, 7) is 1.79. The predicted molar refractivity (Wildman–Crippen MR) is 60.1 cm³/mol. The third-order valence-corrected chi connectivity index (χ3v) is 2.96. The Balaban J connectivity index is 2.51. The van der Waals surface area contributed by atoms with Crippen LogP contribution in [0.5, 0.6) is 0 Å². The minimum Gasteiger partial charge on any atom is -0.383 e. The van der Waals surface area contributed by atoms with Crippen molar-refractivity contribution in [2.75, 3.05) is 5.73 Å². The van der Waals surface area contributed by atoms with Gasteiger partial charge >= 0.3 is 0 Å². The summed E-state index contributed by atoms with van der Waals surface area (Å²) in [7, 11) is 1.73. The molecule has 2 aromatic rings. The highest BCUT2D eigenvalue weighted by molar-refractivity contribution is 7.08. The van der Waals surface area contributed by atoms with Crippen LogP contribution in [-0.4, -0.2) is 15.6 Å². The van der Waals surface area contributed by atoms with Crippen LogP contribution >= 0.6 is 11.3 Å². The van der Waals surface area contributed by atoms with Gasteiger partial charge in [-0.25, -0.2) is 0 Å². The number of thiophene rings is 1. The summed E-state index contributed by atoms with van der Waals surface area (Å²) in [5.41, 5.74) is 7.65. The van der Waals surface area contributed by atoms with Crippen LogP contribution in [0.25, 0.3) is 0 Å². The number of carbonyl (C=O) groups excluding carboxylic acids is 1. The van der Waals surface area contributed by atoms with E-state index in [9.17, 15) is 4.79 Å². The summed E-state index contributed by atoms with van der Waals surface area (Å²) in [4.78, 5) is 12.0. The molecule has 5 heteroatoms. The number of nitrogen functional groups attached to an aromatic ring is 1. The van der Waals surface area contributed by atoms with E-state index in [1.807, 2.05) is 10.8 Å². The number of aromatic nitrogens is 2. The van der Waals surface area contributed by atoms with Crippen LogP contribution in [0.3, 0.4) is 0 Å². The molecule has 0 fully saturated rings. The van der Waals surface area contributed by atoms with Crippen LogP contribution in [0.15, 0.2) is 16.8 Å². The van der Waals surface area contributed by atoms with E-state index >= 15 is 0 Å². The SMILES string of the molecule is Cc1nn(C)c(N)c1C(=O)c1ccsc1. The minimum atomic E-state index is -0.0562. The van der Waals surface area contributed by atoms with Crippen molar-refractivity contribution in [1.82, 2.24) is 9.78 Å². The van der Waals surface area contributed by atoms with E-state index in [1.54, 1.807) is 20.0 Å². The number of hydrogen-bond acceptors (Lipinski definition) is 4. The zero-order chi connectivity index (χ0) is 11.0. The molecular formula is C10H11N3OS. The lowest BCUT2D eigenvalue weighted by atomic mass is 10.1. The molecule has 15 heavy (non-hydrogen) atoms. The van der Waals surface area contributed by atoms with Crippen molar-refractivity contribution in [3.8, 4) is 0 Å². The van der Waals surface area contributed by atoms with Crippen LogP contribution in [0.4, 0.5) is 5.82 Å². The van der Waals surface area contributed by atoms with Gasteiger partial charge in [0.2, 0.25) is 0 Å². The zero-order valence-electron chi connectivity index (χ0n) is 8.52. The summed E-state index contributed by atoms with van der Waals surface area (Å²) >= 11 is 1.49. The monoisotopic (exact) mass is 221 g/mol. The van der Waals surface area contributed by atoms with Gasteiger partial charge in [-0.1, -0.05) is 0 Å². The molecule has 0 aromatic carbocycles. The smallest absolute Gasteiger partial charge is 0.199 e. The van der Waals surface area contributed by atoms with E-state index in [2.05, 4.69) is 5.10 Å². The molecule has 0 radical (unpaired) electrons. The van der Waals surface area contributed by atoms with Gasteiger partial charge in [-0.2, -0.15) is 16.4 Å². The van der Waals surface area contributed by atoms with Crippen LogP contribution in [0.2, 0.25) is 0 Å². The number of aryl methyl sites for hydroxylation is 2. The van der Waals surface area contributed by atoms with E-state index in [-0.39, 0.29) is 5.78 Å². The maximum Gasteiger partial charge on any atom is 0.199 e. The van der Waals surface area contributed by atoms with Crippen molar-refractivity contribution in [3.63, 3.8) is 0 Å². The number of nitrogens with zero attached hydrogens (tertiary/aromatic N) is 2. The van der Waals surface area contributed by atoms with Gasteiger partial charge in [-0.05, 0) is 18.4 Å². The van der Waals surface area contributed by atoms with Crippen LogP contribution in [-0.2, 0) is 7.05 Å². The summed E-state index contributed by atoms with van der Waals surface area (Å²) in [5.74, 6) is 0.364. The quantitative estimate of drug-likeness (QED) is 0.783. The minimum absolute atomic E-state index is 0.0562. The molecule has 0 aliphatic heterocycles. The Hall–Kier alpha value is -1.62. The topological polar surface area (TPSA) is 60.9 Å². The molecule has 0 aliphatic carbocycles. The molecule has 2 heterocycles. The molecule has 0 amide bonds. The van der Waals surface area contributed by atoms with Crippen molar-refractivity contribution >= 4 is 22.9 Å². The predicted octanol–water partition coefficient (Wildman–Crippen LogP) is 1.60. The van der Waals surface area contributed by atoms with E-state index in [0.717, 1.165) is 0 Å². The Kier molecular flexibility index (Phi) is 2.32. The molecule has 0 aliphatic rings. The first-order chi connectivity index (χ1) is 7.11. The molecule has 4 nitrogen and oxygen atoms in total. The second-order valence-corrected chi connectivity index (χ2v) is 4.09. The van der Waals surface area contributed by atoms with Crippen molar-refractivity contribution in [2.24, 2.45) is 7.05 Å². The Labute approximate surface area is 91.3 Å². The molecule has 0 saturated carbocycles. The number of anilines is 1. The number of hydrogen-bond donors (Lipinski definition) is 1. The molecule has 0 atom stereocenters. The summed E-state index contributed by atoms with van der Waals surface area (Å²) in [6, 6.07) is 1.79. The average Bonchev–Trinajstić information content (AvgIpc) is 2.76. The maximum atomic E-state index is 12.0. The van der Waals surface area contributed by atoms with E-state index in [1.165, 1.54) is 16.0 Å². The van der Waals surface area contributed by atoms with Crippen LogP contribution < -0.4 is 5.73 Å². The van der Waals surface area contributed by atoms with Crippen LogP contribution in [0, 0.1) is 6.92 Å². The van der Waals surface area contributed by atoms with Gasteiger partial charge in [0.05, 0.1) is 11.3 Å². The first kappa shape index (κ1) is 9.92. The molecule has 0 saturated heterocycles. The number of ketones is 1. The lowest BCUT2D eigenvalue weighted by molar-refractivity contribution is 0.103. The van der Waals surface area contributed by atoms with Gasteiger partial charge in [0.1, 0.15) is 5.82 Å². The second-order valence-electron chi connectivity index (χ2n) is 3.31. The molecule has 2 aromatic heterocycles. The zero-order valence-corrected chi connectivity index (χ0v) is 9.34. The van der Waals surface area contributed by atoms with E-state index in [0.29, 0.717) is 22.6 Å². The first-order valence-electron chi connectivity index (χ1n) is 4.47. The number of nitrogens with two attached hydrogens (primary N) is 1. The van der Waals surface area contributed by atoms with Crippen LogP contribution in [0.1, 0.15) is 21.6 Å². The standard InChI is InChI=1S/C10H11N3OS/c1-6-8(10(11)13(2)12-6)9(14)7-3-4-15-5-7/h3-5H,11H2,1-2H3. The van der Waals surface area contributed by atoms with Gasteiger partial charge in [0, 0.05) is 18.0 Å². The summed E-state index contributed by atoms with van der Waals surface area (Å²) in [6.07, 6.45) is 0. The maximum absolute atomic E-state index is 12.0. The normalized spacial score (nSPS) is 10.5. The number of carbonyl (C=O) groups is 1. The highest BCUT2D eigenvalue weighted by Crippen LogP contribution is 2.20. The third kappa shape index (κ3) is 1.55. The highest BCUT2D eigenvalue weighted by Gasteiger charge is 2.19. The van der Waals surface area contributed by atoms with Gasteiger partial charge in [0.25, 0.3) is 0 Å². The molecule has 0 bridgehead atoms. The van der Waals surface area contributed by atoms with Crippen molar-refractivity contribution in [2.45, 2.75) is 6.92 Å².